The van der Waals surface area contributed by atoms with E-state index < -0.39 is 11.2 Å². The monoisotopic (exact) mass is 308 g/mol. The molecule has 0 saturated heterocycles. The third kappa shape index (κ3) is 1.99. The summed E-state index contributed by atoms with van der Waals surface area (Å²) in [7, 11) is 0. The van der Waals surface area contributed by atoms with Crippen LogP contribution in [0.3, 0.4) is 0 Å². The van der Waals surface area contributed by atoms with Crippen LogP contribution in [-0.4, -0.2) is 21.4 Å². The van der Waals surface area contributed by atoms with Crippen LogP contribution in [0.5, 0.6) is 0 Å². The molecule has 2 unspecified atom stereocenters. The van der Waals surface area contributed by atoms with Gasteiger partial charge >= 0.3 is 0 Å². The van der Waals surface area contributed by atoms with E-state index in [1.54, 1.807) is 0 Å². The lowest BCUT2D eigenvalue weighted by Crippen LogP contribution is -2.67. The average molecular weight is 309 g/mol. The summed E-state index contributed by atoms with van der Waals surface area (Å²) in [6.45, 7) is 12.8. The fraction of sp³-hybridized carbons (Fsp3) is 1.00. The van der Waals surface area contributed by atoms with Crippen molar-refractivity contribution in [3.05, 3.63) is 0 Å². The molecule has 2 heteroatoms. The quantitative estimate of drug-likeness (QED) is 0.809. The first-order valence-electron chi connectivity index (χ1n) is 9.40. The Morgan fingerprint density at radius 3 is 1.36 bits per heavy atom. The summed E-state index contributed by atoms with van der Waals surface area (Å²) in [4.78, 5) is 0. The van der Waals surface area contributed by atoms with Crippen LogP contribution >= 0.6 is 0 Å². The Morgan fingerprint density at radius 1 is 0.773 bits per heavy atom. The smallest absolute Gasteiger partial charge is 0.0698 e. The van der Waals surface area contributed by atoms with Gasteiger partial charge in [0.15, 0.2) is 0 Å². The predicted octanol–water partition coefficient (Wildman–Crippen LogP) is 4.39. The summed E-state index contributed by atoms with van der Waals surface area (Å²) in [5.74, 6) is 1.95. The molecule has 22 heavy (non-hydrogen) atoms. The van der Waals surface area contributed by atoms with Gasteiger partial charge in [0.05, 0.1) is 11.2 Å². The van der Waals surface area contributed by atoms with Gasteiger partial charge in [0.25, 0.3) is 0 Å². The SMILES string of the molecule is CC(C)C(C)(O)C12CC3CC(C1)CC(C(C)(O)C(C)C)(C3)C2. The highest BCUT2D eigenvalue weighted by Crippen LogP contribution is 2.72. The summed E-state index contributed by atoms with van der Waals surface area (Å²) in [5, 5.41) is 22.8. The second-order valence-electron chi connectivity index (χ2n) is 10.1. The van der Waals surface area contributed by atoms with Crippen molar-refractivity contribution in [1.29, 1.82) is 0 Å². The van der Waals surface area contributed by atoms with Crippen molar-refractivity contribution in [3.63, 3.8) is 0 Å². The lowest BCUT2D eigenvalue weighted by atomic mass is 9.37. The van der Waals surface area contributed by atoms with Gasteiger partial charge in [0.2, 0.25) is 0 Å². The second-order valence-corrected chi connectivity index (χ2v) is 10.1. The van der Waals surface area contributed by atoms with E-state index >= 15 is 0 Å². The molecular weight excluding hydrogens is 272 g/mol. The maximum atomic E-state index is 11.4. The summed E-state index contributed by atoms with van der Waals surface area (Å²) in [6, 6.07) is 0. The van der Waals surface area contributed by atoms with Crippen LogP contribution in [-0.2, 0) is 0 Å². The molecule has 0 amide bonds. The molecule has 4 fully saturated rings. The van der Waals surface area contributed by atoms with Crippen LogP contribution in [0.4, 0.5) is 0 Å². The summed E-state index contributed by atoms with van der Waals surface area (Å²) < 4.78 is 0. The maximum absolute atomic E-state index is 11.4. The van der Waals surface area contributed by atoms with Crippen LogP contribution in [0.25, 0.3) is 0 Å². The molecule has 0 aromatic heterocycles. The van der Waals surface area contributed by atoms with E-state index in [1.165, 1.54) is 32.1 Å². The fourth-order valence-corrected chi connectivity index (χ4v) is 6.67. The first kappa shape index (κ1) is 16.8. The highest BCUT2D eigenvalue weighted by atomic mass is 16.3. The summed E-state index contributed by atoms with van der Waals surface area (Å²) in [5.41, 5.74) is -1.21. The van der Waals surface area contributed by atoms with Gasteiger partial charge in [-0.15, -0.1) is 0 Å². The topological polar surface area (TPSA) is 40.5 Å². The molecule has 0 aromatic carbocycles. The van der Waals surface area contributed by atoms with E-state index in [1.807, 2.05) is 0 Å². The van der Waals surface area contributed by atoms with Gasteiger partial charge in [-0.1, -0.05) is 27.7 Å². The minimum atomic E-state index is -0.622. The number of hydrogen-bond donors (Lipinski definition) is 2. The molecule has 4 aliphatic carbocycles. The zero-order chi connectivity index (χ0) is 16.6. The molecule has 4 rings (SSSR count). The fourth-order valence-electron chi connectivity index (χ4n) is 6.67. The van der Waals surface area contributed by atoms with Crippen molar-refractivity contribution in [2.75, 3.05) is 0 Å². The summed E-state index contributed by atoms with van der Waals surface area (Å²) in [6.07, 6.45) is 7.03. The molecule has 128 valence electrons. The van der Waals surface area contributed by atoms with E-state index in [-0.39, 0.29) is 22.7 Å². The van der Waals surface area contributed by atoms with Gasteiger partial charge in [-0.2, -0.15) is 0 Å². The van der Waals surface area contributed by atoms with Crippen molar-refractivity contribution >= 4 is 0 Å². The third-order valence-electron chi connectivity index (χ3n) is 8.46. The number of hydrogen-bond acceptors (Lipinski definition) is 2. The van der Waals surface area contributed by atoms with E-state index in [0.29, 0.717) is 11.8 Å². The van der Waals surface area contributed by atoms with Gasteiger partial charge in [-0.3, -0.25) is 0 Å². The molecule has 0 aromatic rings. The third-order valence-corrected chi connectivity index (χ3v) is 8.46. The normalized spacial score (nSPS) is 46.1. The van der Waals surface area contributed by atoms with Crippen LogP contribution < -0.4 is 0 Å². The Hall–Kier alpha value is -0.0800. The Labute approximate surface area is 136 Å². The van der Waals surface area contributed by atoms with Crippen LogP contribution in [0.15, 0.2) is 0 Å². The lowest BCUT2D eigenvalue weighted by Gasteiger charge is -2.69. The Morgan fingerprint density at radius 2 is 1.09 bits per heavy atom. The molecule has 0 heterocycles. The number of rotatable bonds is 4. The van der Waals surface area contributed by atoms with Gasteiger partial charge < -0.3 is 10.2 Å². The zero-order valence-corrected chi connectivity index (χ0v) is 15.4. The molecule has 2 atom stereocenters. The van der Waals surface area contributed by atoms with Crippen molar-refractivity contribution in [2.24, 2.45) is 34.5 Å². The summed E-state index contributed by atoms with van der Waals surface area (Å²) >= 11 is 0. The van der Waals surface area contributed by atoms with Crippen molar-refractivity contribution in [3.8, 4) is 0 Å². The number of aliphatic hydroxyl groups is 2. The minimum absolute atomic E-state index is 0.0180. The van der Waals surface area contributed by atoms with E-state index in [2.05, 4.69) is 41.5 Å². The standard InChI is InChI=1S/C20H36O2/c1-13(2)17(5,21)19-8-15-7-16(9-19)11-20(10-15,12-19)18(6,22)14(3)4/h13-16,21-22H,7-12H2,1-6H3. The van der Waals surface area contributed by atoms with Crippen LogP contribution in [0, 0.1) is 34.5 Å². The molecule has 4 saturated carbocycles. The second kappa shape index (κ2) is 4.72. The van der Waals surface area contributed by atoms with E-state index in [9.17, 15) is 10.2 Å². The Kier molecular flexibility index (Phi) is 3.60. The zero-order valence-electron chi connectivity index (χ0n) is 15.4. The van der Waals surface area contributed by atoms with Gasteiger partial charge in [-0.25, -0.2) is 0 Å². The van der Waals surface area contributed by atoms with Gasteiger partial charge in [-0.05, 0) is 76.0 Å². The van der Waals surface area contributed by atoms with Crippen LogP contribution in [0.1, 0.15) is 80.1 Å². The molecule has 0 aliphatic heterocycles. The molecule has 0 radical (unpaired) electrons. The Bertz CT molecular complexity index is 395. The predicted molar refractivity (Wildman–Crippen MR) is 90.5 cm³/mol. The van der Waals surface area contributed by atoms with E-state index in [0.717, 1.165) is 6.42 Å². The highest BCUT2D eigenvalue weighted by molar-refractivity contribution is 5.17. The molecular formula is C20H36O2. The molecule has 2 nitrogen and oxygen atoms in total. The van der Waals surface area contributed by atoms with Gasteiger partial charge in [0.1, 0.15) is 0 Å². The molecule has 4 bridgehead atoms. The van der Waals surface area contributed by atoms with Crippen molar-refractivity contribution < 1.29 is 10.2 Å². The average Bonchev–Trinajstić information content (AvgIpc) is 2.36. The molecule has 4 aliphatic rings. The van der Waals surface area contributed by atoms with Crippen molar-refractivity contribution in [2.45, 2.75) is 91.3 Å². The Balaban J connectivity index is 2.04. The maximum Gasteiger partial charge on any atom is 0.0698 e. The molecule has 0 spiro atoms. The first-order valence-corrected chi connectivity index (χ1v) is 9.40. The first-order chi connectivity index (χ1) is 9.96. The van der Waals surface area contributed by atoms with Gasteiger partial charge in [0, 0.05) is 10.8 Å². The van der Waals surface area contributed by atoms with Crippen molar-refractivity contribution in [1.82, 2.24) is 0 Å². The largest absolute Gasteiger partial charge is 0.389 e. The van der Waals surface area contributed by atoms with Crippen LogP contribution in [0.2, 0.25) is 0 Å². The molecule has 2 N–H and O–H groups in total. The highest BCUT2D eigenvalue weighted by Gasteiger charge is 2.67. The lowest BCUT2D eigenvalue weighted by molar-refractivity contribution is -0.261. The minimum Gasteiger partial charge on any atom is -0.389 e. The van der Waals surface area contributed by atoms with E-state index in [4.69, 9.17) is 0 Å².